The maximum Gasteiger partial charge on any atom is 0.164 e. The third-order valence-corrected chi connectivity index (χ3v) is 2.13. The molecule has 0 unspecified atom stereocenters. The van der Waals surface area contributed by atoms with Crippen molar-refractivity contribution in [2.75, 3.05) is 0 Å². The summed E-state index contributed by atoms with van der Waals surface area (Å²) in [5, 5.41) is 15.0. The van der Waals surface area contributed by atoms with Crippen LogP contribution < -0.4 is 0 Å². The van der Waals surface area contributed by atoms with Crippen molar-refractivity contribution in [1.29, 1.82) is 5.26 Å². The van der Waals surface area contributed by atoms with Crippen LogP contribution in [0.25, 0.3) is 0 Å². The molecule has 0 radical (unpaired) electrons. The first-order chi connectivity index (χ1) is 7.79. The van der Waals surface area contributed by atoms with E-state index in [0.29, 0.717) is 23.6 Å². The van der Waals surface area contributed by atoms with Gasteiger partial charge in [-0.2, -0.15) is 10.4 Å². The molecular formula is C11H9FN4. The predicted octanol–water partition coefficient (Wildman–Crippen LogP) is 1.60. The van der Waals surface area contributed by atoms with Crippen LogP contribution in [0.3, 0.4) is 0 Å². The second-order valence-corrected chi connectivity index (χ2v) is 3.30. The van der Waals surface area contributed by atoms with Crippen LogP contribution in [-0.4, -0.2) is 15.2 Å². The maximum atomic E-state index is 13.3. The molecule has 5 heteroatoms. The summed E-state index contributed by atoms with van der Waals surface area (Å²) in [4.78, 5) is 4.08. The van der Waals surface area contributed by atoms with E-state index in [1.807, 2.05) is 6.07 Å². The average molecular weight is 216 g/mol. The minimum Gasteiger partial charge on any atom is -0.263 e. The molecule has 0 saturated heterocycles. The Bertz CT molecular complexity index is 527. The highest BCUT2D eigenvalue weighted by molar-refractivity contribution is 5.20. The maximum absolute atomic E-state index is 13.3. The predicted molar refractivity (Wildman–Crippen MR) is 54.9 cm³/mol. The number of nitriles is 1. The van der Waals surface area contributed by atoms with Gasteiger partial charge in [-0.1, -0.05) is 18.2 Å². The van der Waals surface area contributed by atoms with Gasteiger partial charge in [0.15, 0.2) is 5.82 Å². The van der Waals surface area contributed by atoms with Crippen LogP contribution in [-0.2, 0) is 12.8 Å². The summed E-state index contributed by atoms with van der Waals surface area (Å²) in [5.41, 5.74) is 0.558. The van der Waals surface area contributed by atoms with Crippen molar-refractivity contribution in [3.63, 3.8) is 0 Å². The summed E-state index contributed by atoms with van der Waals surface area (Å²) in [7, 11) is 0. The number of H-pyrrole nitrogens is 1. The van der Waals surface area contributed by atoms with Gasteiger partial charge in [-0.3, -0.25) is 5.10 Å². The van der Waals surface area contributed by atoms with E-state index in [1.54, 1.807) is 18.2 Å². The van der Waals surface area contributed by atoms with Gasteiger partial charge in [-0.05, 0) is 11.6 Å². The van der Waals surface area contributed by atoms with Crippen LogP contribution in [0.4, 0.5) is 4.39 Å². The molecule has 0 bridgehead atoms. The first-order valence-corrected chi connectivity index (χ1v) is 4.80. The lowest BCUT2D eigenvalue weighted by Crippen LogP contribution is -1.94. The smallest absolute Gasteiger partial charge is 0.164 e. The molecule has 0 aliphatic rings. The Morgan fingerprint density at radius 2 is 2.19 bits per heavy atom. The lowest BCUT2D eigenvalue weighted by Gasteiger charge is -1.98. The van der Waals surface area contributed by atoms with Crippen molar-refractivity contribution in [3.05, 3.63) is 47.3 Å². The van der Waals surface area contributed by atoms with E-state index in [2.05, 4.69) is 15.2 Å². The quantitative estimate of drug-likeness (QED) is 0.847. The van der Waals surface area contributed by atoms with Crippen molar-refractivity contribution in [3.8, 4) is 6.07 Å². The number of nitrogens with one attached hydrogen (secondary N) is 1. The van der Waals surface area contributed by atoms with Gasteiger partial charge in [0.05, 0.1) is 12.5 Å². The van der Waals surface area contributed by atoms with Gasteiger partial charge < -0.3 is 0 Å². The fraction of sp³-hybridized carbons (Fsp3) is 0.182. The molecular weight excluding hydrogens is 207 g/mol. The molecule has 0 spiro atoms. The van der Waals surface area contributed by atoms with Gasteiger partial charge in [0.2, 0.25) is 0 Å². The van der Waals surface area contributed by atoms with E-state index in [-0.39, 0.29) is 12.2 Å². The monoisotopic (exact) mass is 216 g/mol. The Morgan fingerprint density at radius 3 is 2.94 bits per heavy atom. The summed E-state index contributed by atoms with van der Waals surface area (Å²) in [5.74, 6) is 0.741. The van der Waals surface area contributed by atoms with Crippen molar-refractivity contribution >= 4 is 0 Å². The van der Waals surface area contributed by atoms with Gasteiger partial charge in [-0.15, -0.1) is 0 Å². The summed E-state index contributed by atoms with van der Waals surface area (Å²) in [6.45, 7) is 0. The molecule has 2 aromatic rings. The molecule has 0 aliphatic heterocycles. The molecule has 1 N–H and O–H groups in total. The van der Waals surface area contributed by atoms with Crippen molar-refractivity contribution in [2.24, 2.45) is 0 Å². The molecule has 0 aliphatic carbocycles. The Balaban J connectivity index is 2.15. The first-order valence-electron chi connectivity index (χ1n) is 4.80. The normalized spacial score (nSPS) is 10.0. The van der Waals surface area contributed by atoms with Crippen molar-refractivity contribution in [1.82, 2.24) is 15.2 Å². The van der Waals surface area contributed by atoms with Gasteiger partial charge in [0, 0.05) is 6.42 Å². The van der Waals surface area contributed by atoms with Crippen LogP contribution in [0.15, 0.2) is 24.3 Å². The molecule has 80 valence electrons. The van der Waals surface area contributed by atoms with Crippen molar-refractivity contribution in [2.45, 2.75) is 12.8 Å². The number of aromatic amines is 1. The van der Waals surface area contributed by atoms with Gasteiger partial charge in [0.1, 0.15) is 11.6 Å². The summed E-state index contributed by atoms with van der Waals surface area (Å²) >= 11 is 0. The molecule has 1 aromatic heterocycles. The third kappa shape index (κ3) is 2.23. The van der Waals surface area contributed by atoms with Crippen LogP contribution >= 0.6 is 0 Å². The SMILES string of the molecule is N#CCc1n[nH]c(Cc2ccccc2F)n1. The number of nitrogens with zero attached hydrogens (tertiary/aromatic N) is 3. The number of rotatable bonds is 3. The Labute approximate surface area is 91.8 Å². The van der Waals surface area contributed by atoms with Crippen LogP contribution in [0.1, 0.15) is 17.2 Å². The highest BCUT2D eigenvalue weighted by atomic mass is 19.1. The van der Waals surface area contributed by atoms with Crippen LogP contribution in [0.5, 0.6) is 0 Å². The van der Waals surface area contributed by atoms with Gasteiger partial charge in [0.25, 0.3) is 0 Å². The Kier molecular flexibility index (Phi) is 2.92. The van der Waals surface area contributed by atoms with Gasteiger partial charge >= 0.3 is 0 Å². The summed E-state index contributed by atoms with van der Waals surface area (Å²) in [6.07, 6.45) is 0.513. The molecule has 0 saturated carbocycles. The molecule has 0 fully saturated rings. The lowest BCUT2D eigenvalue weighted by molar-refractivity contribution is 0.612. The average Bonchev–Trinajstić information content (AvgIpc) is 2.70. The van der Waals surface area contributed by atoms with E-state index < -0.39 is 0 Å². The zero-order chi connectivity index (χ0) is 11.4. The Morgan fingerprint density at radius 1 is 1.38 bits per heavy atom. The molecule has 2 rings (SSSR count). The zero-order valence-electron chi connectivity index (χ0n) is 8.44. The van der Waals surface area contributed by atoms with E-state index >= 15 is 0 Å². The lowest BCUT2D eigenvalue weighted by atomic mass is 10.1. The third-order valence-electron chi connectivity index (χ3n) is 2.13. The number of benzene rings is 1. The number of aromatic nitrogens is 3. The van der Waals surface area contributed by atoms with Crippen LogP contribution in [0, 0.1) is 17.1 Å². The molecule has 1 heterocycles. The second-order valence-electron chi connectivity index (χ2n) is 3.30. The standard InChI is InChI=1S/C11H9FN4/c12-9-4-2-1-3-8(9)7-11-14-10(5-6-13)15-16-11/h1-4H,5,7H2,(H,14,15,16). The van der Waals surface area contributed by atoms with Crippen molar-refractivity contribution < 1.29 is 4.39 Å². The van der Waals surface area contributed by atoms with E-state index in [0.717, 1.165) is 0 Å². The molecule has 0 atom stereocenters. The van der Waals surface area contributed by atoms with Gasteiger partial charge in [-0.25, -0.2) is 9.37 Å². The number of hydrogen-bond donors (Lipinski definition) is 1. The number of halogens is 1. The van der Waals surface area contributed by atoms with E-state index in [9.17, 15) is 4.39 Å². The largest absolute Gasteiger partial charge is 0.263 e. The highest BCUT2D eigenvalue weighted by Crippen LogP contribution is 2.10. The molecule has 1 aromatic carbocycles. The molecule has 16 heavy (non-hydrogen) atoms. The fourth-order valence-corrected chi connectivity index (χ4v) is 1.39. The Hall–Kier alpha value is -2.22. The minimum atomic E-state index is -0.263. The zero-order valence-corrected chi connectivity index (χ0v) is 8.44. The molecule has 0 amide bonds. The second kappa shape index (κ2) is 4.53. The topological polar surface area (TPSA) is 65.4 Å². The van der Waals surface area contributed by atoms with E-state index in [4.69, 9.17) is 5.26 Å². The summed E-state index contributed by atoms with van der Waals surface area (Å²) in [6, 6.07) is 8.46. The number of hydrogen-bond acceptors (Lipinski definition) is 3. The van der Waals surface area contributed by atoms with Crippen LogP contribution in [0.2, 0.25) is 0 Å². The summed E-state index contributed by atoms with van der Waals surface area (Å²) < 4.78 is 13.3. The fourth-order valence-electron chi connectivity index (χ4n) is 1.39. The highest BCUT2D eigenvalue weighted by Gasteiger charge is 2.06. The van der Waals surface area contributed by atoms with E-state index in [1.165, 1.54) is 6.07 Å². The minimum absolute atomic E-state index is 0.160. The first kappa shape index (κ1) is 10.3. The molecule has 4 nitrogen and oxygen atoms in total.